The van der Waals surface area contributed by atoms with Crippen LogP contribution in [0.2, 0.25) is 0 Å². The van der Waals surface area contributed by atoms with Gasteiger partial charge in [-0.15, -0.1) is 0 Å². The van der Waals surface area contributed by atoms with Crippen molar-refractivity contribution in [3.63, 3.8) is 0 Å². The van der Waals surface area contributed by atoms with E-state index in [0.29, 0.717) is 29.9 Å². The fourth-order valence-corrected chi connectivity index (χ4v) is 3.20. The molecule has 2 aromatic carbocycles. The third kappa shape index (κ3) is 5.00. The van der Waals surface area contributed by atoms with Crippen molar-refractivity contribution in [2.45, 2.75) is 20.0 Å². The van der Waals surface area contributed by atoms with E-state index in [1.54, 1.807) is 16.8 Å². The van der Waals surface area contributed by atoms with E-state index < -0.39 is 0 Å². The molecular weight excluding hydrogens is 413 g/mol. The summed E-state index contributed by atoms with van der Waals surface area (Å²) >= 11 is 0. The predicted molar refractivity (Wildman–Crippen MR) is 117 cm³/mol. The van der Waals surface area contributed by atoms with Crippen LogP contribution in [0.1, 0.15) is 11.1 Å². The number of benzene rings is 2. The molecule has 4 aromatic rings. The van der Waals surface area contributed by atoms with Crippen molar-refractivity contribution in [1.82, 2.24) is 24.6 Å². The summed E-state index contributed by atoms with van der Waals surface area (Å²) in [5.41, 5.74) is 2.11. The fraction of sp³-hybridized carbons (Fsp3) is 0.217. The first kappa shape index (κ1) is 21.2. The molecular formula is C23H22FN5O3. The molecule has 0 saturated heterocycles. The van der Waals surface area contributed by atoms with Gasteiger partial charge in [-0.2, -0.15) is 5.10 Å². The van der Waals surface area contributed by atoms with Gasteiger partial charge in [0.2, 0.25) is 0 Å². The predicted octanol–water partition coefficient (Wildman–Crippen LogP) is 2.28. The van der Waals surface area contributed by atoms with Crippen molar-refractivity contribution >= 4 is 16.9 Å². The molecule has 0 radical (unpaired) electrons. The number of aryl methyl sites for hydroxylation is 1. The molecule has 0 aliphatic heterocycles. The Morgan fingerprint density at radius 3 is 2.62 bits per heavy atom. The van der Waals surface area contributed by atoms with Crippen molar-refractivity contribution < 1.29 is 13.9 Å². The van der Waals surface area contributed by atoms with Gasteiger partial charge in [-0.3, -0.25) is 14.2 Å². The number of ether oxygens (including phenoxy) is 1. The first-order valence-corrected chi connectivity index (χ1v) is 10.1. The van der Waals surface area contributed by atoms with Crippen LogP contribution >= 0.6 is 0 Å². The first-order valence-electron chi connectivity index (χ1n) is 10.1. The number of halogens is 1. The summed E-state index contributed by atoms with van der Waals surface area (Å²) in [5.74, 6) is 0.0475. The topological polar surface area (TPSA) is 91.0 Å². The molecule has 0 fully saturated rings. The van der Waals surface area contributed by atoms with Gasteiger partial charge in [0.15, 0.2) is 12.3 Å². The van der Waals surface area contributed by atoms with Crippen LogP contribution in [-0.2, 0) is 17.9 Å². The van der Waals surface area contributed by atoms with Crippen LogP contribution in [0.25, 0.3) is 11.0 Å². The molecule has 8 nitrogen and oxygen atoms in total. The normalized spacial score (nSPS) is 10.9. The maximum atomic E-state index is 13.1. The number of aromatic nitrogens is 4. The van der Waals surface area contributed by atoms with Gasteiger partial charge < -0.3 is 10.1 Å². The maximum absolute atomic E-state index is 13.1. The number of fused-ring (bicyclic) bond motifs is 1. The second-order valence-corrected chi connectivity index (χ2v) is 7.36. The highest BCUT2D eigenvalue weighted by atomic mass is 19.1. The molecule has 0 saturated carbocycles. The standard InChI is InChI=1S/C23H22FN5O3/c1-16-2-8-19(9-3-16)32-14-21(30)25-10-11-29-22-20(12-27-29)23(31)28(15-26-22)13-17-4-6-18(24)7-5-17/h2-9,12,15H,10-11,13-14H2,1H3,(H,25,30). The highest BCUT2D eigenvalue weighted by molar-refractivity contribution is 5.77. The molecule has 4 rings (SSSR count). The van der Waals surface area contributed by atoms with E-state index in [2.05, 4.69) is 15.4 Å². The van der Waals surface area contributed by atoms with E-state index in [0.717, 1.165) is 11.1 Å². The summed E-state index contributed by atoms with van der Waals surface area (Å²) in [6.07, 6.45) is 2.91. The van der Waals surface area contributed by atoms with Gasteiger partial charge >= 0.3 is 0 Å². The Hall–Kier alpha value is -4.01. The SMILES string of the molecule is Cc1ccc(OCC(=O)NCCn2ncc3c(=O)n(Cc4ccc(F)cc4)cnc32)cc1. The summed E-state index contributed by atoms with van der Waals surface area (Å²) < 4.78 is 21.5. The fourth-order valence-electron chi connectivity index (χ4n) is 3.20. The summed E-state index contributed by atoms with van der Waals surface area (Å²) in [5, 5.41) is 7.37. The lowest BCUT2D eigenvalue weighted by Gasteiger charge is -2.09. The number of hydrogen-bond acceptors (Lipinski definition) is 5. The molecule has 32 heavy (non-hydrogen) atoms. The smallest absolute Gasteiger partial charge is 0.264 e. The largest absolute Gasteiger partial charge is 0.484 e. The number of rotatable bonds is 8. The Bertz CT molecular complexity index is 1280. The summed E-state index contributed by atoms with van der Waals surface area (Å²) in [7, 11) is 0. The van der Waals surface area contributed by atoms with Gasteiger partial charge in [0, 0.05) is 6.54 Å². The van der Waals surface area contributed by atoms with Crippen LogP contribution in [0.15, 0.2) is 65.8 Å². The van der Waals surface area contributed by atoms with E-state index in [4.69, 9.17) is 4.74 Å². The lowest BCUT2D eigenvalue weighted by molar-refractivity contribution is -0.123. The number of nitrogens with one attached hydrogen (secondary N) is 1. The van der Waals surface area contributed by atoms with Gasteiger partial charge in [-0.05, 0) is 36.8 Å². The molecule has 2 heterocycles. The van der Waals surface area contributed by atoms with Gasteiger partial charge in [-0.25, -0.2) is 14.1 Å². The average molecular weight is 435 g/mol. The number of hydrogen-bond donors (Lipinski definition) is 1. The molecule has 0 unspecified atom stereocenters. The molecule has 1 amide bonds. The third-order valence-electron chi connectivity index (χ3n) is 4.93. The Labute approximate surface area is 183 Å². The van der Waals surface area contributed by atoms with Crippen LogP contribution in [-0.4, -0.2) is 38.4 Å². The van der Waals surface area contributed by atoms with Gasteiger partial charge in [0.05, 0.1) is 19.3 Å². The molecule has 0 aliphatic carbocycles. The lowest BCUT2D eigenvalue weighted by atomic mass is 10.2. The molecule has 0 bridgehead atoms. The Morgan fingerprint density at radius 2 is 1.88 bits per heavy atom. The van der Waals surface area contributed by atoms with Crippen molar-refractivity contribution in [1.29, 1.82) is 0 Å². The van der Waals surface area contributed by atoms with Crippen molar-refractivity contribution in [2.75, 3.05) is 13.2 Å². The minimum atomic E-state index is -0.329. The number of amides is 1. The zero-order chi connectivity index (χ0) is 22.5. The van der Waals surface area contributed by atoms with Crippen LogP contribution < -0.4 is 15.6 Å². The van der Waals surface area contributed by atoms with E-state index in [1.807, 2.05) is 31.2 Å². The van der Waals surface area contributed by atoms with E-state index >= 15 is 0 Å². The number of nitrogens with zero attached hydrogens (tertiary/aromatic N) is 4. The Balaban J connectivity index is 1.34. The monoisotopic (exact) mass is 435 g/mol. The van der Waals surface area contributed by atoms with Gasteiger partial charge in [0.1, 0.15) is 23.3 Å². The van der Waals surface area contributed by atoms with Crippen molar-refractivity contribution in [3.8, 4) is 5.75 Å². The minimum absolute atomic E-state index is 0.0880. The summed E-state index contributed by atoms with van der Waals surface area (Å²) in [6.45, 7) is 2.84. The second kappa shape index (κ2) is 9.42. The maximum Gasteiger partial charge on any atom is 0.264 e. The van der Waals surface area contributed by atoms with Crippen LogP contribution in [0.4, 0.5) is 4.39 Å². The zero-order valence-corrected chi connectivity index (χ0v) is 17.5. The highest BCUT2D eigenvalue weighted by Gasteiger charge is 2.11. The minimum Gasteiger partial charge on any atom is -0.484 e. The first-order chi connectivity index (χ1) is 15.5. The number of carbonyl (C=O) groups is 1. The quantitative estimate of drug-likeness (QED) is 0.459. The molecule has 1 N–H and O–H groups in total. The molecule has 0 spiro atoms. The van der Waals surface area contributed by atoms with Crippen LogP contribution in [0.5, 0.6) is 5.75 Å². The Kier molecular flexibility index (Phi) is 6.25. The molecule has 9 heteroatoms. The van der Waals surface area contributed by atoms with Gasteiger partial charge in [-0.1, -0.05) is 29.8 Å². The highest BCUT2D eigenvalue weighted by Crippen LogP contribution is 2.11. The average Bonchev–Trinajstić information content (AvgIpc) is 3.20. The zero-order valence-electron chi connectivity index (χ0n) is 17.5. The van der Waals surface area contributed by atoms with E-state index in [-0.39, 0.29) is 30.4 Å². The second-order valence-electron chi connectivity index (χ2n) is 7.36. The van der Waals surface area contributed by atoms with Gasteiger partial charge in [0.25, 0.3) is 11.5 Å². The Morgan fingerprint density at radius 1 is 1.12 bits per heavy atom. The third-order valence-corrected chi connectivity index (χ3v) is 4.93. The molecule has 2 aromatic heterocycles. The van der Waals surface area contributed by atoms with Crippen molar-refractivity contribution in [2.24, 2.45) is 0 Å². The van der Waals surface area contributed by atoms with Crippen LogP contribution in [0.3, 0.4) is 0 Å². The van der Waals surface area contributed by atoms with E-state index in [9.17, 15) is 14.0 Å². The van der Waals surface area contributed by atoms with E-state index in [1.165, 1.54) is 29.2 Å². The summed E-state index contributed by atoms with van der Waals surface area (Å²) in [6, 6.07) is 13.4. The summed E-state index contributed by atoms with van der Waals surface area (Å²) in [4.78, 5) is 29.1. The van der Waals surface area contributed by atoms with Crippen LogP contribution in [0, 0.1) is 12.7 Å². The molecule has 164 valence electrons. The lowest BCUT2D eigenvalue weighted by Crippen LogP contribution is -2.31. The molecule has 0 aliphatic rings. The van der Waals surface area contributed by atoms with Crippen molar-refractivity contribution in [3.05, 3.63) is 88.4 Å². The molecule has 0 atom stereocenters. The number of carbonyl (C=O) groups excluding carboxylic acids is 1.